The molecule has 4 heteroatoms. The van der Waals surface area contributed by atoms with Crippen LogP contribution in [-0.4, -0.2) is 17.8 Å². The Morgan fingerprint density at radius 3 is 2.82 bits per heavy atom. The molecule has 0 bridgehead atoms. The van der Waals surface area contributed by atoms with Gasteiger partial charge in [0.15, 0.2) is 0 Å². The lowest BCUT2D eigenvalue weighted by Gasteiger charge is -2.06. The van der Waals surface area contributed by atoms with Gasteiger partial charge in [0.25, 0.3) is 0 Å². The van der Waals surface area contributed by atoms with E-state index >= 15 is 0 Å². The van der Waals surface area contributed by atoms with Crippen molar-refractivity contribution in [2.45, 2.75) is 31.6 Å². The zero-order valence-electron chi connectivity index (χ0n) is 9.88. The van der Waals surface area contributed by atoms with Gasteiger partial charge in [0, 0.05) is 11.9 Å². The van der Waals surface area contributed by atoms with Crippen LogP contribution in [0.2, 0.25) is 0 Å². The normalized spacial score (nSPS) is 12.2. The van der Waals surface area contributed by atoms with Crippen LogP contribution in [0.25, 0.3) is 0 Å². The number of benzene rings is 1. The molecule has 94 valence electrons. The Kier molecular flexibility index (Phi) is 5.98. The fourth-order valence-corrected chi connectivity index (χ4v) is 1.64. The lowest BCUT2D eigenvalue weighted by atomic mass is 10.1. The summed E-state index contributed by atoms with van der Waals surface area (Å²) in [5.74, 6) is -0.491. The third-order valence-corrected chi connectivity index (χ3v) is 2.63. The molecule has 0 fully saturated rings. The Labute approximate surface area is 106 Å². The topological polar surface area (TPSA) is 29.1 Å². The first-order valence-corrected chi connectivity index (χ1v) is 6.17. The molecule has 0 saturated heterocycles. The van der Waals surface area contributed by atoms with Gasteiger partial charge in [-0.2, -0.15) is 0 Å². The standard InChI is InChI=1S/C13H17ClFNO/c1-10(14)5-4-8-16-13(17)9-11-6-2-3-7-12(11)15/h2-3,6-7,10H,4-5,8-9H2,1H3,(H,16,17). The van der Waals surface area contributed by atoms with E-state index in [1.54, 1.807) is 18.2 Å². The Bertz CT molecular complexity index is 368. The van der Waals surface area contributed by atoms with Crippen LogP contribution in [0.15, 0.2) is 24.3 Å². The number of hydrogen-bond donors (Lipinski definition) is 1. The fourth-order valence-electron chi connectivity index (χ4n) is 1.49. The second kappa shape index (κ2) is 7.28. The van der Waals surface area contributed by atoms with Gasteiger partial charge in [0.1, 0.15) is 5.82 Å². The predicted octanol–water partition coefficient (Wildman–Crippen LogP) is 2.89. The molecule has 1 N–H and O–H groups in total. The molecule has 1 amide bonds. The SMILES string of the molecule is CC(Cl)CCCNC(=O)Cc1ccccc1F. The number of amides is 1. The first kappa shape index (κ1) is 14.0. The highest BCUT2D eigenvalue weighted by molar-refractivity contribution is 6.20. The van der Waals surface area contributed by atoms with Gasteiger partial charge in [0.05, 0.1) is 6.42 Å². The van der Waals surface area contributed by atoms with Crippen LogP contribution in [0.5, 0.6) is 0 Å². The van der Waals surface area contributed by atoms with E-state index in [2.05, 4.69) is 5.32 Å². The molecule has 0 heterocycles. The van der Waals surface area contributed by atoms with Crippen LogP contribution in [0.4, 0.5) is 4.39 Å². The van der Waals surface area contributed by atoms with Gasteiger partial charge in [0.2, 0.25) is 5.91 Å². The van der Waals surface area contributed by atoms with E-state index in [0.717, 1.165) is 12.8 Å². The molecule has 1 unspecified atom stereocenters. The summed E-state index contributed by atoms with van der Waals surface area (Å²) in [5.41, 5.74) is 0.427. The molecule has 0 aliphatic rings. The van der Waals surface area contributed by atoms with E-state index in [9.17, 15) is 9.18 Å². The van der Waals surface area contributed by atoms with Crippen LogP contribution in [0.1, 0.15) is 25.3 Å². The van der Waals surface area contributed by atoms with Crippen LogP contribution < -0.4 is 5.32 Å². The van der Waals surface area contributed by atoms with E-state index in [-0.39, 0.29) is 23.5 Å². The summed E-state index contributed by atoms with van der Waals surface area (Å²) in [4.78, 5) is 11.5. The van der Waals surface area contributed by atoms with Gasteiger partial charge < -0.3 is 5.32 Å². The Balaban J connectivity index is 2.28. The minimum atomic E-state index is -0.336. The predicted molar refractivity (Wildman–Crippen MR) is 67.7 cm³/mol. The van der Waals surface area contributed by atoms with E-state index in [0.29, 0.717) is 12.1 Å². The van der Waals surface area contributed by atoms with E-state index in [4.69, 9.17) is 11.6 Å². The van der Waals surface area contributed by atoms with Gasteiger partial charge >= 0.3 is 0 Å². The molecule has 0 spiro atoms. The fraction of sp³-hybridized carbons (Fsp3) is 0.462. The second-order valence-electron chi connectivity index (χ2n) is 4.04. The molecule has 0 saturated carbocycles. The highest BCUT2D eigenvalue weighted by atomic mass is 35.5. The van der Waals surface area contributed by atoms with Gasteiger partial charge in [-0.15, -0.1) is 11.6 Å². The molecule has 1 aromatic carbocycles. The summed E-state index contributed by atoms with van der Waals surface area (Å²) >= 11 is 5.78. The quantitative estimate of drug-likeness (QED) is 0.616. The number of carbonyl (C=O) groups excluding carboxylic acids is 1. The Morgan fingerprint density at radius 2 is 2.18 bits per heavy atom. The highest BCUT2D eigenvalue weighted by Gasteiger charge is 2.06. The zero-order valence-corrected chi connectivity index (χ0v) is 10.6. The number of carbonyl (C=O) groups is 1. The zero-order chi connectivity index (χ0) is 12.7. The van der Waals surface area contributed by atoms with Crippen LogP contribution >= 0.6 is 11.6 Å². The number of halogens is 2. The number of rotatable bonds is 6. The summed E-state index contributed by atoms with van der Waals surface area (Å²) in [6, 6.07) is 6.31. The van der Waals surface area contributed by atoms with Gasteiger partial charge in [-0.25, -0.2) is 4.39 Å². The van der Waals surface area contributed by atoms with Crippen molar-refractivity contribution in [3.8, 4) is 0 Å². The monoisotopic (exact) mass is 257 g/mol. The minimum Gasteiger partial charge on any atom is -0.356 e. The average Bonchev–Trinajstić information content (AvgIpc) is 2.27. The highest BCUT2D eigenvalue weighted by Crippen LogP contribution is 2.07. The van der Waals surface area contributed by atoms with Crippen molar-refractivity contribution in [2.24, 2.45) is 0 Å². The number of hydrogen-bond acceptors (Lipinski definition) is 1. The summed E-state index contributed by atoms with van der Waals surface area (Å²) in [7, 11) is 0. The molecule has 17 heavy (non-hydrogen) atoms. The number of alkyl halides is 1. The second-order valence-corrected chi connectivity index (χ2v) is 4.79. The van der Waals surface area contributed by atoms with Crippen molar-refractivity contribution >= 4 is 17.5 Å². The van der Waals surface area contributed by atoms with Crippen LogP contribution in [0.3, 0.4) is 0 Å². The molecular formula is C13H17ClFNO. The average molecular weight is 258 g/mol. The van der Waals surface area contributed by atoms with Crippen molar-refractivity contribution < 1.29 is 9.18 Å². The molecule has 1 rings (SSSR count). The lowest BCUT2D eigenvalue weighted by Crippen LogP contribution is -2.26. The van der Waals surface area contributed by atoms with Gasteiger partial charge in [-0.05, 0) is 31.4 Å². The van der Waals surface area contributed by atoms with Crippen molar-refractivity contribution in [2.75, 3.05) is 6.54 Å². The van der Waals surface area contributed by atoms with Crippen molar-refractivity contribution in [3.05, 3.63) is 35.6 Å². The third-order valence-electron chi connectivity index (χ3n) is 2.41. The molecule has 0 aliphatic carbocycles. The molecule has 1 aromatic rings. The van der Waals surface area contributed by atoms with Crippen molar-refractivity contribution in [3.63, 3.8) is 0 Å². The minimum absolute atomic E-state index is 0.0864. The maximum atomic E-state index is 13.2. The summed E-state index contributed by atoms with van der Waals surface area (Å²) in [6.07, 6.45) is 1.79. The Morgan fingerprint density at radius 1 is 1.47 bits per heavy atom. The maximum absolute atomic E-state index is 13.2. The first-order chi connectivity index (χ1) is 8.09. The largest absolute Gasteiger partial charge is 0.356 e. The molecular weight excluding hydrogens is 241 g/mol. The summed E-state index contributed by atoms with van der Waals surface area (Å²) in [5, 5.41) is 2.87. The van der Waals surface area contributed by atoms with Crippen LogP contribution in [-0.2, 0) is 11.2 Å². The van der Waals surface area contributed by atoms with Gasteiger partial charge in [-0.3, -0.25) is 4.79 Å². The summed E-state index contributed by atoms with van der Waals surface area (Å²) in [6.45, 7) is 2.51. The van der Waals surface area contributed by atoms with E-state index < -0.39 is 0 Å². The molecule has 0 aromatic heterocycles. The third kappa shape index (κ3) is 5.68. The molecule has 2 nitrogen and oxygen atoms in total. The first-order valence-electron chi connectivity index (χ1n) is 5.73. The van der Waals surface area contributed by atoms with Gasteiger partial charge in [-0.1, -0.05) is 18.2 Å². The van der Waals surface area contributed by atoms with Crippen molar-refractivity contribution in [1.82, 2.24) is 5.32 Å². The van der Waals surface area contributed by atoms with Crippen LogP contribution in [0, 0.1) is 5.82 Å². The van der Waals surface area contributed by atoms with E-state index in [1.165, 1.54) is 6.07 Å². The van der Waals surface area contributed by atoms with E-state index in [1.807, 2.05) is 6.92 Å². The van der Waals surface area contributed by atoms with Crippen molar-refractivity contribution in [1.29, 1.82) is 0 Å². The molecule has 0 aliphatic heterocycles. The number of nitrogens with one attached hydrogen (secondary N) is 1. The summed E-state index contributed by atoms with van der Waals surface area (Å²) < 4.78 is 13.2. The molecule has 1 atom stereocenters. The smallest absolute Gasteiger partial charge is 0.224 e. The lowest BCUT2D eigenvalue weighted by molar-refractivity contribution is -0.120. The Hall–Kier alpha value is -1.09. The maximum Gasteiger partial charge on any atom is 0.224 e. The molecule has 0 radical (unpaired) electrons.